The van der Waals surface area contributed by atoms with Crippen LogP contribution in [0.4, 0.5) is 0 Å². The van der Waals surface area contributed by atoms with Crippen molar-refractivity contribution in [1.82, 2.24) is 14.7 Å². The van der Waals surface area contributed by atoms with Crippen molar-refractivity contribution in [3.63, 3.8) is 0 Å². The monoisotopic (exact) mass is 257 g/mol. The molecule has 1 aliphatic heterocycles. The third-order valence-electron chi connectivity index (χ3n) is 4.00. The van der Waals surface area contributed by atoms with Crippen LogP contribution in [0.5, 0.6) is 0 Å². The number of piperidine rings is 1. The maximum Gasteiger partial charge on any atom is 0.170 e. The molecule has 2 aromatic rings. The minimum Gasteiger partial charge on any atom is -0.317 e. The van der Waals surface area contributed by atoms with E-state index in [1.54, 1.807) is 0 Å². The second-order valence-corrected chi connectivity index (χ2v) is 5.32. The predicted molar refractivity (Wildman–Crippen MR) is 74.6 cm³/mol. The molecule has 1 N–H and O–H groups in total. The Kier molecular flexibility index (Phi) is 3.34. The summed E-state index contributed by atoms with van der Waals surface area (Å²) in [5.41, 5.74) is 2.63. The molecule has 1 fully saturated rings. The van der Waals surface area contributed by atoms with Gasteiger partial charge in [0.05, 0.1) is 5.52 Å². The zero-order valence-electron chi connectivity index (χ0n) is 11.2. The fourth-order valence-corrected chi connectivity index (χ4v) is 2.97. The number of fused-ring (bicyclic) bond motifs is 1. The van der Waals surface area contributed by atoms with Crippen LogP contribution in [-0.2, 0) is 6.42 Å². The number of imidazole rings is 1. The van der Waals surface area contributed by atoms with Gasteiger partial charge >= 0.3 is 0 Å². The van der Waals surface area contributed by atoms with Crippen LogP contribution < -0.4 is 5.32 Å². The van der Waals surface area contributed by atoms with E-state index < -0.39 is 0 Å². The first-order valence-electron chi connectivity index (χ1n) is 6.92. The number of hydrogen-bond donors (Lipinski definition) is 1. The molecule has 0 unspecified atom stereocenters. The fraction of sp³-hybridized carbons (Fsp3) is 0.467. The van der Waals surface area contributed by atoms with E-state index in [0.29, 0.717) is 11.6 Å². The molecular formula is C15H19N3O. The molecule has 1 saturated heterocycles. The number of aldehydes is 1. The van der Waals surface area contributed by atoms with Gasteiger partial charge in [0.2, 0.25) is 0 Å². The standard InChI is InChI=1S/C15H19N3O/c1-11-3-2-4-14-13(10-19)17-15(18(11)14)9-12-5-7-16-8-6-12/h2-4,10,12,16H,5-9H2,1H3. The Hall–Kier alpha value is -1.68. The molecule has 0 aromatic carbocycles. The molecule has 0 saturated carbocycles. The van der Waals surface area contributed by atoms with Gasteiger partial charge in [-0.15, -0.1) is 0 Å². The van der Waals surface area contributed by atoms with Crippen LogP contribution in [0, 0.1) is 12.8 Å². The quantitative estimate of drug-likeness (QED) is 0.855. The zero-order valence-corrected chi connectivity index (χ0v) is 11.2. The molecule has 0 bridgehead atoms. The molecule has 3 rings (SSSR count). The van der Waals surface area contributed by atoms with E-state index in [9.17, 15) is 4.79 Å². The first-order chi connectivity index (χ1) is 9.29. The number of hydrogen-bond acceptors (Lipinski definition) is 3. The Morgan fingerprint density at radius 1 is 1.42 bits per heavy atom. The van der Waals surface area contributed by atoms with E-state index in [-0.39, 0.29) is 0 Å². The van der Waals surface area contributed by atoms with Gasteiger partial charge in [0.15, 0.2) is 6.29 Å². The molecule has 100 valence electrons. The molecule has 0 spiro atoms. The lowest BCUT2D eigenvalue weighted by Crippen LogP contribution is -2.29. The average Bonchev–Trinajstić information content (AvgIpc) is 2.79. The third-order valence-corrected chi connectivity index (χ3v) is 4.00. The maximum atomic E-state index is 11.2. The van der Waals surface area contributed by atoms with Crippen LogP contribution in [0.25, 0.3) is 5.52 Å². The van der Waals surface area contributed by atoms with Gasteiger partial charge in [0.1, 0.15) is 11.5 Å². The van der Waals surface area contributed by atoms with Crippen molar-refractivity contribution in [2.75, 3.05) is 13.1 Å². The molecule has 4 nitrogen and oxygen atoms in total. The van der Waals surface area contributed by atoms with Crippen LogP contribution in [0.2, 0.25) is 0 Å². The van der Waals surface area contributed by atoms with Crippen molar-refractivity contribution in [2.24, 2.45) is 5.92 Å². The van der Waals surface area contributed by atoms with Crippen LogP contribution in [0.15, 0.2) is 18.2 Å². The first-order valence-corrected chi connectivity index (χ1v) is 6.92. The average molecular weight is 257 g/mol. The normalized spacial score (nSPS) is 16.9. The summed E-state index contributed by atoms with van der Waals surface area (Å²) in [4.78, 5) is 15.7. The Labute approximate surface area is 112 Å². The Morgan fingerprint density at radius 2 is 2.21 bits per heavy atom. The van der Waals surface area contributed by atoms with Crippen LogP contribution >= 0.6 is 0 Å². The number of nitrogens with zero attached hydrogens (tertiary/aromatic N) is 2. The molecule has 2 aromatic heterocycles. The topological polar surface area (TPSA) is 46.4 Å². The predicted octanol–water partition coefficient (Wildman–Crippen LogP) is 2.00. The van der Waals surface area contributed by atoms with E-state index in [1.807, 2.05) is 12.1 Å². The highest BCUT2D eigenvalue weighted by molar-refractivity contribution is 5.83. The summed E-state index contributed by atoms with van der Waals surface area (Å²) in [6, 6.07) is 6.01. The molecule has 4 heteroatoms. The summed E-state index contributed by atoms with van der Waals surface area (Å²) in [6.45, 7) is 4.25. The zero-order chi connectivity index (χ0) is 13.2. The largest absolute Gasteiger partial charge is 0.317 e. The van der Waals surface area contributed by atoms with Crippen LogP contribution in [-0.4, -0.2) is 28.8 Å². The number of carbonyl (C=O) groups is 1. The molecule has 1 aliphatic rings. The Balaban J connectivity index is 2.00. The van der Waals surface area contributed by atoms with Gasteiger partial charge < -0.3 is 9.72 Å². The van der Waals surface area contributed by atoms with Gasteiger partial charge in [-0.3, -0.25) is 4.79 Å². The molecule has 3 heterocycles. The summed E-state index contributed by atoms with van der Waals surface area (Å²) in [5, 5.41) is 3.38. The summed E-state index contributed by atoms with van der Waals surface area (Å²) in [7, 11) is 0. The second kappa shape index (κ2) is 5.13. The second-order valence-electron chi connectivity index (χ2n) is 5.32. The molecule has 0 amide bonds. The third kappa shape index (κ3) is 2.28. The number of carbonyl (C=O) groups excluding carboxylic acids is 1. The summed E-state index contributed by atoms with van der Waals surface area (Å²) >= 11 is 0. The van der Waals surface area contributed by atoms with E-state index in [2.05, 4.69) is 27.7 Å². The summed E-state index contributed by atoms with van der Waals surface area (Å²) in [5.74, 6) is 1.70. The minimum atomic E-state index is 0.563. The number of pyridine rings is 1. The molecule has 0 aliphatic carbocycles. The van der Waals surface area contributed by atoms with E-state index >= 15 is 0 Å². The van der Waals surface area contributed by atoms with Crippen molar-refractivity contribution in [3.05, 3.63) is 35.4 Å². The molecule has 0 atom stereocenters. The highest BCUT2D eigenvalue weighted by Gasteiger charge is 2.18. The lowest BCUT2D eigenvalue weighted by atomic mass is 9.94. The Bertz CT molecular complexity index is 597. The number of aryl methyl sites for hydroxylation is 1. The van der Waals surface area contributed by atoms with Gasteiger partial charge in [0, 0.05) is 12.1 Å². The van der Waals surface area contributed by atoms with Gasteiger partial charge in [-0.1, -0.05) is 6.07 Å². The van der Waals surface area contributed by atoms with E-state index in [4.69, 9.17) is 0 Å². The lowest BCUT2D eigenvalue weighted by molar-refractivity contribution is 0.112. The molecular weight excluding hydrogens is 238 g/mol. The first kappa shape index (κ1) is 12.4. The summed E-state index contributed by atoms with van der Waals surface area (Å²) < 4.78 is 2.13. The molecule has 0 radical (unpaired) electrons. The van der Waals surface area contributed by atoms with Gasteiger partial charge in [-0.25, -0.2) is 4.98 Å². The van der Waals surface area contributed by atoms with Crippen molar-refractivity contribution in [2.45, 2.75) is 26.2 Å². The van der Waals surface area contributed by atoms with Crippen molar-refractivity contribution >= 4 is 11.8 Å². The maximum absolute atomic E-state index is 11.2. The van der Waals surface area contributed by atoms with Gasteiger partial charge in [-0.05, 0) is 50.9 Å². The highest BCUT2D eigenvalue weighted by atomic mass is 16.1. The van der Waals surface area contributed by atoms with Crippen molar-refractivity contribution in [1.29, 1.82) is 0 Å². The van der Waals surface area contributed by atoms with E-state index in [0.717, 1.165) is 42.8 Å². The number of rotatable bonds is 3. The van der Waals surface area contributed by atoms with E-state index in [1.165, 1.54) is 12.8 Å². The van der Waals surface area contributed by atoms with Gasteiger partial charge in [-0.2, -0.15) is 0 Å². The van der Waals surface area contributed by atoms with Crippen LogP contribution in [0.3, 0.4) is 0 Å². The van der Waals surface area contributed by atoms with Crippen molar-refractivity contribution < 1.29 is 4.79 Å². The summed E-state index contributed by atoms with van der Waals surface area (Å²) in [6.07, 6.45) is 4.21. The van der Waals surface area contributed by atoms with Gasteiger partial charge in [0.25, 0.3) is 0 Å². The van der Waals surface area contributed by atoms with Crippen molar-refractivity contribution in [3.8, 4) is 0 Å². The smallest absolute Gasteiger partial charge is 0.170 e. The molecule has 19 heavy (non-hydrogen) atoms. The fourth-order valence-electron chi connectivity index (χ4n) is 2.97. The minimum absolute atomic E-state index is 0.563. The van der Waals surface area contributed by atoms with Crippen LogP contribution in [0.1, 0.15) is 34.8 Å². The number of nitrogens with one attached hydrogen (secondary N) is 1. The Morgan fingerprint density at radius 3 is 2.95 bits per heavy atom. The highest BCUT2D eigenvalue weighted by Crippen LogP contribution is 2.21. The lowest BCUT2D eigenvalue weighted by Gasteiger charge is -2.22. The number of aromatic nitrogens is 2. The SMILES string of the molecule is Cc1cccc2c(C=O)nc(CC3CCNCC3)n12.